The predicted octanol–water partition coefficient (Wildman–Crippen LogP) is 2.50. The lowest BCUT2D eigenvalue weighted by atomic mass is 10.2. The van der Waals surface area contributed by atoms with Gasteiger partial charge in [-0.1, -0.05) is 42.1 Å². The Morgan fingerprint density at radius 3 is 2.52 bits per heavy atom. The molecule has 0 unspecified atom stereocenters. The number of hydrogen-bond donors (Lipinski definition) is 2. The summed E-state index contributed by atoms with van der Waals surface area (Å²) in [5.74, 6) is -1.44. The van der Waals surface area contributed by atoms with Crippen LogP contribution in [-0.4, -0.2) is 24.1 Å². The molecule has 0 heterocycles. The number of halogens is 2. The van der Waals surface area contributed by atoms with Crippen LogP contribution in [0.3, 0.4) is 0 Å². The van der Waals surface area contributed by atoms with E-state index in [9.17, 15) is 9.59 Å². The molecule has 1 fully saturated rings. The zero-order valence-electron chi connectivity index (χ0n) is 11.2. The van der Waals surface area contributed by atoms with Crippen molar-refractivity contribution >= 4 is 41.2 Å². The Kier molecular flexibility index (Phi) is 5.59. The zero-order chi connectivity index (χ0) is 15.2. The van der Waals surface area contributed by atoms with Crippen LogP contribution < -0.4 is 10.7 Å². The van der Waals surface area contributed by atoms with Crippen molar-refractivity contribution < 1.29 is 9.59 Å². The third-order valence-corrected chi connectivity index (χ3v) is 3.96. The molecule has 112 valence electrons. The molecular weight excluding hydrogens is 313 g/mol. The second-order valence-corrected chi connectivity index (χ2v) is 5.64. The lowest BCUT2D eigenvalue weighted by molar-refractivity contribution is -0.139. The highest BCUT2D eigenvalue weighted by molar-refractivity contribution is 6.42. The summed E-state index contributed by atoms with van der Waals surface area (Å²) in [5, 5.41) is 7.23. The first-order valence-electron chi connectivity index (χ1n) is 6.65. The Morgan fingerprint density at radius 2 is 1.86 bits per heavy atom. The fourth-order valence-electron chi connectivity index (χ4n) is 2.13. The van der Waals surface area contributed by atoms with Crippen molar-refractivity contribution in [2.24, 2.45) is 5.10 Å². The highest BCUT2D eigenvalue weighted by Gasteiger charge is 2.20. The number of nitrogens with one attached hydrogen (secondary N) is 2. The van der Waals surface area contributed by atoms with Crippen molar-refractivity contribution in [2.45, 2.75) is 31.7 Å². The van der Waals surface area contributed by atoms with E-state index in [0.717, 1.165) is 25.7 Å². The van der Waals surface area contributed by atoms with Crippen LogP contribution in [0.25, 0.3) is 0 Å². The molecule has 0 bridgehead atoms. The summed E-state index contributed by atoms with van der Waals surface area (Å²) in [5.41, 5.74) is 2.85. The number of benzene rings is 1. The molecule has 0 aliphatic heterocycles. The molecule has 1 saturated carbocycles. The molecule has 21 heavy (non-hydrogen) atoms. The summed E-state index contributed by atoms with van der Waals surface area (Å²) in [6.45, 7) is 0. The van der Waals surface area contributed by atoms with Gasteiger partial charge in [0, 0.05) is 6.04 Å². The Labute approximate surface area is 132 Å². The van der Waals surface area contributed by atoms with Gasteiger partial charge in [0.25, 0.3) is 0 Å². The third kappa shape index (κ3) is 4.72. The molecule has 2 rings (SSSR count). The van der Waals surface area contributed by atoms with Gasteiger partial charge in [-0.3, -0.25) is 9.59 Å². The molecule has 2 N–H and O–H groups in total. The number of hydrogen-bond acceptors (Lipinski definition) is 3. The summed E-state index contributed by atoms with van der Waals surface area (Å²) < 4.78 is 0. The summed E-state index contributed by atoms with van der Waals surface area (Å²) in [7, 11) is 0. The van der Waals surface area contributed by atoms with Crippen molar-refractivity contribution in [3.63, 3.8) is 0 Å². The van der Waals surface area contributed by atoms with Crippen molar-refractivity contribution in [3.05, 3.63) is 33.8 Å². The maximum Gasteiger partial charge on any atom is 0.329 e. The summed E-state index contributed by atoms with van der Waals surface area (Å²) in [4.78, 5) is 23.2. The van der Waals surface area contributed by atoms with E-state index in [-0.39, 0.29) is 6.04 Å². The number of amides is 2. The van der Waals surface area contributed by atoms with Crippen molar-refractivity contribution in [1.29, 1.82) is 0 Å². The van der Waals surface area contributed by atoms with Crippen LogP contribution in [0, 0.1) is 0 Å². The highest BCUT2D eigenvalue weighted by atomic mass is 35.5. The van der Waals surface area contributed by atoms with Crippen LogP contribution in [0.5, 0.6) is 0 Å². The first-order chi connectivity index (χ1) is 10.1. The van der Waals surface area contributed by atoms with Gasteiger partial charge in [0.15, 0.2) is 0 Å². The average Bonchev–Trinajstić information content (AvgIpc) is 2.95. The van der Waals surface area contributed by atoms with Crippen LogP contribution >= 0.6 is 23.2 Å². The minimum Gasteiger partial charge on any atom is -0.345 e. The average molecular weight is 328 g/mol. The van der Waals surface area contributed by atoms with E-state index in [1.54, 1.807) is 18.2 Å². The van der Waals surface area contributed by atoms with Gasteiger partial charge >= 0.3 is 11.8 Å². The van der Waals surface area contributed by atoms with Gasteiger partial charge in [-0.05, 0) is 30.5 Å². The molecule has 0 radical (unpaired) electrons. The molecule has 0 spiro atoms. The van der Waals surface area contributed by atoms with Crippen LogP contribution in [-0.2, 0) is 9.59 Å². The third-order valence-electron chi connectivity index (χ3n) is 3.22. The molecular formula is C14H15Cl2N3O2. The number of rotatable bonds is 3. The monoisotopic (exact) mass is 327 g/mol. The van der Waals surface area contributed by atoms with Crippen LogP contribution in [0.15, 0.2) is 23.3 Å². The van der Waals surface area contributed by atoms with E-state index in [2.05, 4.69) is 15.8 Å². The topological polar surface area (TPSA) is 70.6 Å². The fraction of sp³-hybridized carbons (Fsp3) is 0.357. The van der Waals surface area contributed by atoms with Crippen LogP contribution in [0.2, 0.25) is 10.0 Å². The standard InChI is InChI=1S/C14H15Cl2N3O2/c15-11-6-5-9(7-12(11)16)8-17-19-14(21)13(20)18-10-3-1-2-4-10/h5-8,10H,1-4H2,(H,18,20)(H,19,21)/b17-8-. The van der Waals surface area contributed by atoms with Gasteiger partial charge in [0.2, 0.25) is 0 Å². The number of carbonyl (C=O) groups excluding carboxylic acids is 2. The van der Waals surface area contributed by atoms with E-state index in [1.807, 2.05) is 0 Å². The minimum atomic E-state index is -0.779. The summed E-state index contributed by atoms with van der Waals surface area (Å²) in [6, 6.07) is 5.03. The lowest BCUT2D eigenvalue weighted by Crippen LogP contribution is -2.42. The largest absolute Gasteiger partial charge is 0.345 e. The minimum absolute atomic E-state index is 0.0994. The highest BCUT2D eigenvalue weighted by Crippen LogP contribution is 2.21. The smallest absolute Gasteiger partial charge is 0.329 e. The summed E-state index contributed by atoms with van der Waals surface area (Å²) >= 11 is 11.6. The molecule has 1 aromatic rings. The first kappa shape index (κ1) is 15.8. The number of nitrogens with zero attached hydrogens (tertiary/aromatic N) is 1. The quantitative estimate of drug-likeness (QED) is 0.508. The van der Waals surface area contributed by atoms with Crippen molar-refractivity contribution in [1.82, 2.24) is 10.7 Å². The SMILES string of the molecule is O=C(N/N=C\c1ccc(Cl)c(Cl)c1)C(=O)NC1CCCC1. The maximum atomic E-state index is 11.6. The Morgan fingerprint density at radius 1 is 1.14 bits per heavy atom. The lowest BCUT2D eigenvalue weighted by Gasteiger charge is -2.10. The summed E-state index contributed by atoms with van der Waals surface area (Å²) in [6.07, 6.45) is 5.41. The zero-order valence-corrected chi connectivity index (χ0v) is 12.7. The second kappa shape index (κ2) is 7.43. The Bertz CT molecular complexity index is 569. The van der Waals surface area contributed by atoms with Crippen LogP contribution in [0.1, 0.15) is 31.2 Å². The Hall–Kier alpha value is -1.59. The molecule has 5 nitrogen and oxygen atoms in total. The normalized spacial score (nSPS) is 15.3. The Balaban J connectivity index is 1.83. The van der Waals surface area contributed by atoms with E-state index in [4.69, 9.17) is 23.2 Å². The molecule has 1 aliphatic rings. The van der Waals surface area contributed by atoms with Gasteiger partial charge < -0.3 is 5.32 Å². The molecule has 1 aromatic carbocycles. The van der Waals surface area contributed by atoms with Crippen molar-refractivity contribution in [3.8, 4) is 0 Å². The van der Waals surface area contributed by atoms with E-state index >= 15 is 0 Å². The molecule has 7 heteroatoms. The predicted molar refractivity (Wildman–Crippen MR) is 82.6 cm³/mol. The van der Waals surface area contributed by atoms with Gasteiger partial charge in [0.05, 0.1) is 16.3 Å². The van der Waals surface area contributed by atoms with Gasteiger partial charge in [0.1, 0.15) is 0 Å². The molecule has 2 amide bonds. The molecule has 0 aromatic heterocycles. The molecule has 0 atom stereocenters. The fourth-order valence-corrected chi connectivity index (χ4v) is 2.44. The second-order valence-electron chi connectivity index (χ2n) is 4.83. The van der Waals surface area contributed by atoms with Gasteiger partial charge in [-0.25, -0.2) is 5.43 Å². The van der Waals surface area contributed by atoms with Crippen LogP contribution in [0.4, 0.5) is 0 Å². The maximum absolute atomic E-state index is 11.6. The number of hydrazone groups is 1. The first-order valence-corrected chi connectivity index (χ1v) is 7.41. The van der Waals surface area contributed by atoms with E-state index < -0.39 is 11.8 Å². The molecule has 1 aliphatic carbocycles. The van der Waals surface area contributed by atoms with Crippen molar-refractivity contribution in [2.75, 3.05) is 0 Å². The van der Waals surface area contributed by atoms with E-state index in [0.29, 0.717) is 15.6 Å². The number of carbonyl (C=O) groups is 2. The molecule has 0 saturated heterocycles. The van der Waals surface area contributed by atoms with Gasteiger partial charge in [-0.2, -0.15) is 5.10 Å². The van der Waals surface area contributed by atoms with Gasteiger partial charge in [-0.15, -0.1) is 0 Å². The van der Waals surface area contributed by atoms with E-state index in [1.165, 1.54) is 6.21 Å².